The van der Waals surface area contributed by atoms with Crippen LogP contribution in [0.4, 0.5) is 5.69 Å². The summed E-state index contributed by atoms with van der Waals surface area (Å²) in [6, 6.07) is 4.76. The minimum atomic E-state index is -3.94. The summed E-state index contributed by atoms with van der Waals surface area (Å²) in [6.45, 7) is 1.75. The van der Waals surface area contributed by atoms with E-state index in [1.54, 1.807) is 29.8 Å². The number of sulfonamides is 1. The smallest absolute Gasteiger partial charge is 0.281 e. The molecule has 0 aliphatic carbocycles. The third kappa shape index (κ3) is 3.74. The highest BCUT2D eigenvalue weighted by Crippen LogP contribution is 2.32. The molecule has 11 heteroatoms. The summed E-state index contributed by atoms with van der Waals surface area (Å²) in [7, 11) is -1.92. The molecule has 0 saturated carbocycles. The van der Waals surface area contributed by atoms with Crippen molar-refractivity contribution in [1.29, 1.82) is 0 Å². The molecule has 1 N–H and O–H groups in total. The molecule has 27 heavy (non-hydrogen) atoms. The predicted octanol–water partition coefficient (Wildman–Crippen LogP) is 3.59. The summed E-state index contributed by atoms with van der Waals surface area (Å²) in [5.74, 6) is 0.442. The molecule has 1 aromatic carbocycles. The largest absolute Gasteiger partial charge is 0.487 e. The number of ether oxygens (including phenoxy) is 1. The summed E-state index contributed by atoms with van der Waals surface area (Å²) >= 11 is 13.6. The monoisotopic (exact) mass is 446 g/mol. The van der Waals surface area contributed by atoms with Crippen LogP contribution in [0.2, 0.25) is 10.2 Å². The number of aromatic nitrogens is 2. The van der Waals surface area contributed by atoms with E-state index in [2.05, 4.69) is 14.6 Å². The Kier molecular flexibility index (Phi) is 4.98. The Labute approximate surface area is 170 Å². The SMILES string of the molecule is CN1CC[C@@H](Oc2cc(NS(=O)(=O)c3c(Cl)nc4sccn34)ccc2Cl)C1. The number of thiazole rings is 1. The number of nitrogens with one attached hydrogen (secondary N) is 1. The van der Waals surface area contributed by atoms with E-state index in [-0.39, 0.29) is 16.3 Å². The van der Waals surface area contributed by atoms with Crippen LogP contribution in [0, 0.1) is 0 Å². The molecule has 7 nitrogen and oxygen atoms in total. The third-order valence-electron chi connectivity index (χ3n) is 4.26. The fourth-order valence-electron chi connectivity index (χ4n) is 3.01. The van der Waals surface area contributed by atoms with E-state index in [4.69, 9.17) is 27.9 Å². The molecule has 0 amide bonds. The molecule has 1 saturated heterocycles. The first kappa shape index (κ1) is 18.8. The van der Waals surface area contributed by atoms with Gasteiger partial charge in [-0.05, 0) is 25.6 Å². The summed E-state index contributed by atoms with van der Waals surface area (Å²) in [4.78, 5) is 6.74. The number of hydrogen-bond donors (Lipinski definition) is 1. The number of imidazole rings is 1. The molecule has 1 aliphatic heterocycles. The zero-order valence-corrected chi connectivity index (χ0v) is 17.4. The van der Waals surface area contributed by atoms with Gasteiger partial charge in [-0.2, -0.15) is 8.42 Å². The molecule has 1 fully saturated rings. The predicted molar refractivity (Wildman–Crippen MR) is 107 cm³/mol. The average molecular weight is 447 g/mol. The number of hydrogen-bond acceptors (Lipinski definition) is 6. The lowest BCUT2D eigenvalue weighted by Gasteiger charge is -2.16. The quantitative estimate of drug-likeness (QED) is 0.647. The standard InChI is InChI=1S/C16H16Cl2N4O3S2/c1-21-5-4-11(9-21)25-13-8-10(2-3-12(13)17)20-27(23,24)15-14(18)19-16-22(15)6-7-26-16/h2-3,6-8,11,20H,4-5,9H2,1H3/t11-/m1/s1. The average Bonchev–Trinajstić information content (AvgIpc) is 3.26. The molecule has 1 atom stereocenters. The molecule has 4 rings (SSSR count). The lowest BCUT2D eigenvalue weighted by atomic mass is 10.3. The molecule has 3 aromatic rings. The Hall–Kier alpha value is -1.52. The van der Waals surface area contributed by atoms with Crippen LogP contribution in [0.3, 0.4) is 0 Å². The van der Waals surface area contributed by atoms with Crippen molar-refractivity contribution in [1.82, 2.24) is 14.3 Å². The maximum Gasteiger partial charge on any atom is 0.281 e. The van der Waals surface area contributed by atoms with Crippen LogP contribution in [0.5, 0.6) is 5.75 Å². The first-order chi connectivity index (χ1) is 12.8. The van der Waals surface area contributed by atoms with Gasteiger partial charge < -0.3 is 9.64 Å². The Morgan fingerprint density at radius 1 is 1.37 bits per heavy atom. The van der Waals surface area contributed by atoms with Crippen molar-refractivity contribution in [3.8, 4) is 5.75 Å². The Balaban J connectivity index is 1.61. The molecule has 2 aromatic heterocycles. The second-order valence-corrected chi connectivity index (χ2v) is 9.54. The van der Waals surface area contributed by atoms with Crippen molar-refractivity contribution < 1.29 is 13.2 Å². The fourth-order valence-corrected chi connectivity index (χ4v) is 5.68. The molecule has 144 valence electrons. The number of likely N-dealkylation sites (tertiary alicyclic amines) is 1. The highest BCUT2D eigenvalue weighted by Gasteiger charge is 2.26. The summed E-state index contributed by atoms with van der Waals surface area (Å²) < 4.78 is 35.6. The zero-order valence-electron chi connectivity index (χ0n) is 14.2. The molecule has 1 aliphatic rings. The van der Waals surface area contributed by atoms with Crippen molar-refractivity contribution in [2.75, 3.05) is 24.9 Å². The minimum Gasteiger partial charge on any atom is -0.487 e. The summed E-state index contributed by atoms with van der Waals surface area (Å²) in [6.07, 6.45) is 2.53. The van der Waals surface area contributed by atoms with Gasteiger partial charge in [0, 0.05) is 30.7 Å². The summed E-state index contributed by atoms with van der Waals surface area (Å²) in [5, 5.41) is 1.99. The highest BCUT2D eigenvalue weighted by atomic mass is 35.5. The zero-order chi connectivity index (χ0) is 19.2. The maximum absolute atomic E-state index is 12.8. The van der Waals surface area contributed by atoms with Crippen LogP contribution in [0.15, 0.2) is 34.8 Å². The van der Waals surface area contributed by atoms with E-state index in [1.165, 1.54) is 15.7 Å². The number of rotatable bonds is 5. The number of fused-ring (bicyclic) bond motifs is 1. The lowest BCUT2D eigenvalue weighted by Crippen LogP contribution is -2.21. The van der Waals surface area contributed by atoms with E-state index >= 15 is 0 Å². The number of anilines is 1. The van der Waals surface area contributed by atoms with Crippen molar-refractivity contribution in [3.63, 3.8) is 0 Å². The van der Waals surface area contributed by atoms with Crippen LogP contribution in [-0.4, -0.2) is 48.9 Å². The molecule has 0 bridgehead atoms. The lowest BCUT2D eigenvalue weighted by molar-refractivity contribution is 0.208. The number of halogens is 2. The molecular weight excluding hydrogens is 431 g/mol. The first-order valence-corrected chi connectivity index (χ1v) is 11.2. The van der Waals surface area contributed by atoms with E-state index in [1.807, 2.05) is 7.05 Å². The van der Waals surface area contributed by atoms with Gasteiger partial charge in [-0.1, -0.05) is 23.2 Å². The van der Waals surface area contributed by atoms with E-state index in [0.717, 1.165) is 19.5 Å². The maximum atomic E-state index is 12.8. The van der Waals surface area contributed by atoms with Crippen LogP contribution in [0.25, 0.3) is 4.96 Å². The van der Waals surface area contributed by atoms with E-state index < -0.39 is 10.0 Å². The first-order valence-electron chi connectivity index (χ1n) is 8.12. The van der Waals surface area contributed by atoms with E-state index in [0.29, 0.717) is 21.4 Å². The van der Waals surface area contributed by atoms with Gasteiger partial charge in [0.2, 0.25) is 0 Å². The normalized spacial score (nSPS) is 18.3. The van der Waals surface area contributed by atoms with Gasteiger partial charge in [-0.3, -0.25) is 9.12 Å². The van der Waals surface area contributed by atoms with Gasteiger partial charge >= 0.3 is 0 Å². The van der Waals surface area contributed by atoms with Gasteiger partial charge in [0.25, 0.3) is 10.0 Å². The van der Waals surface area contributed by atoms with Gasteiger partial charge in [0.15, 0.2) is 15.1 Å². The molecule has 3 heterocycles. The van der Waals surface area contributed by atoms with Crippen molar-refractivity contribution in [2.24, 2.45) is 0 Å². The van der Waals surface area contributed by atoms with Crippen molar-refractivity contribution in [2.45, 2.75) is 17.6 Å². The second kappa shape index (κ2) is 7.14. The highest BCUT2D eigenvalue weighted by molar-refractivity contribution is 7.92. The summed E-state index contributed by atoms with van der Waals surface area (Å²) in [5.41, 5.74) is 0.335. The van der Waals surface area contributed by atoms with Crippen LogP contribution in [-0.2, 0) is 10.0 Å². The van der Waals surface area contributed by atoms with Crippen LogP contribution < -0.4 is 9.46 Å². The van der Waals surface area contributed by atoms with E-state index in [9.17, 15) is 8.42 Å². The van der Waals surface area contributed by atoms with Gasteiger partial charge in [-0.25, -0.2) is 4.98 Å². The molecule has 0 spiro atoms. The Bertz CT molecular complexity index is 1100. The van der Waals surface area contributed by atoms with Crippen molar-refractivity contribution in [3.05, 3.63) is 40.0 Å². The Morgan fingerprint density at radius 2 is 2.19 bits per heavy atom. The number of nitrogens with zero attached hydrogens (tertiary/aromatic N) is 3. The second-order valence-electron chi connectivity index (χ2n) is 6.30. The fraction of sp³-hybridized carbons (Fsp3) is 0.312. The van der Waals surface area contributed by atoms with Gasteiger partial charge in [0.05, 0.1) is 10.7 Å². The molecule has 0 unspecified atom stereocenters. The van der Waals surface area contributed by atoms with Gasteiger partial charge in [0.1, 0.15) is 11.9 Å². The third-order valence-corrected chi connectivity index (χ3v) is 7.11. The van der Waals surface area contributed by atoms with Gasteiger partial charge in [-0.15, -0.1) is 11.3 Å². The van der Waals surface area contributed by atoms with Crippen LogP contribution in [0.1, 0.15) is 6.42 Å². The Morgan fingerprint density at radius 3 is 2.93 bits per heavy atom. The number of likely N-dealkylation sites (N-methyl/N-ethyl adjacent to an activating group) is 1. The minimum absolute atomic E-state index is 0.0223. The molecule has 0 radical (unpaired) electrons. The van der Waals surface area contributed by atoms with Crippen molar-refractivity contribution >= 4 is 55.2 Å². The number of benzene rings is 1. The topological polar surface area (TPSA) is 75.9 Å². The van der Waals surface area contributed by atoms with Crippen LogP contribution >= 0.6 is 34.5 Å². The molecular formula is C16H16Cl2N4O3S2.